The Labute approximate surface area is 157 Å². The molecule has 1 unspecified atom stereocenters. The summed E-state index contributed by atoms with van der Waals surface area (Å²) >= 11 is 9.21. The summed E-state index contributed by atoms with van der Waals surface area (Å²) in [5.41, 5.74) is 1.77. The number of ketones is 1. The van der Waals surface area contributed by atoms with Gasteiger partial charge in [-0.15, -0.1) is 11.6 Å². The van der Waals surface area contributed by atoms with Crippen molar-refractivity contribution in [2.75, 3.05) is 12.5 Å². The van der Waals surface area contributed by atoms with Crippen LogP contribution in [0.3, 0.4) is 0 Å². The standard InChI is InChI=1S/C20H22BrClO2/c1-2-3-6-18(17-7-4-5-8-19(17)21)20(23)15-9-11-16(12-10-15)24-14-13-22/h4-5,7-12,18H,2-3,6,13-14H2,1H3. The topological polar surface area (TPSA) is 26.3 Å². The van der Waals surface area contributed by atoms with Crippen LogP contribution < -0.4 is 4.74 Å². The number of Topliss-reactive ketones (excluding diaryl/α,β-unsaturated/α-hetero) is 1. The van der Waals surface area contributed by atoms with Crippen LogP contribution >= 0.6 is 27.5 Å². The highest BCUT2D eigenvalue weighted by atomic mass is 79.9. The molecule has 0 saturated carbocycles. The van der Waals surface area contributed by atoms with Crippen molar-refractivity contribution >= 4 is 33.3 Å². The second kappa shape index (κ2) is 9.85. The van der Waals surface area contributed by atoms with Gasteiger partial charge in [0.05, 0.1) is 5.88 Å². The van der Waals surface area contributed by atoms with Gasteiger partial charge in [0.2, 0.25) is 0 Å². The lowest BCUT2D eigenvalue weighted by Crippen LogP contribution is -2.14. The molecule has 0 fully saturated rings. The molecule has 0 heterocycles. The van der Waals surface area contributed by atoms with E-state index in [2.05, 4.69) is 22.9 Å². The van der Waals surface area contributed by atoms with Crippen molar-refractivity contribution in [3.05, 3.63) is 64.1 Å². The number of carbonyl (C=O) groups is 1. The minimum absolute atomic E-state index is 0.130. The maximum atomic E-state index is 13.0. The molecule has 4 heteroatoms. The van der Waals surface area contributed by atoms with Gasteiger partial charge in [-0.25, -0.2) is 0 Å². The summed E-state index contributed by atoms with van der Waals surface area (Å²) < 4.78 is 6.46. The number of halogens is 2. The highest BCUT2D eigenvalue weighted by molar-refractivity contribution is 9.10. The molecule has 2 aromatic rings. The maximum absolute atomic E-state index is 13.0. The molecule has 2 aromatic carbocycles. The lowest BCUT2D eigenvalue weighted by Gasteiger charge is -2.18. The van der Waals surface area contributed by atoms with Gasteiger partial charge < -0.3 is 4.74 Å². The van der Waals surface area contributed by atoms with Crippen LogP contribution in [0.4, 0.5) is 0 Å². The number of unbranched alkanes of at least 4 members (excludes halogenated alkanes) is 1. The van der Waals surface area contributed by atoms with Crippen molar-refractivity contribution < 1.29 is 9.53 Å². The molecule has 0 radical (unpaired) electrons. The van der Waals surface area contributed by atoms with Crippen molar-refractivity contribution in [1.29, 1.82) is 0 Å². The van der Waals surface area contributed by atoms with E-state index in [4.69, 9.17) is 16.3 Å². The fourth-order valence-corrected chi connectivity index (χ4v) is 3.31. The van der Waals surface area contributed by atoms with E-state index in [9.17, 15) is 4.79 Å². The summed E-state index contributed by atoms with van der Waals surface area (Å²) in [5, 5.41) is 0. The molecule has 2 rings (SSSR count). The van der Waals surface area contributed by atoms with Gasteiger partial charge in [-0.2, -0.15) is 0 Å². The average Bonchev–Trinajstić information content (AvgIpc) is 2.62. The van der Waals surface area contributed by atoms with E-state index >= 15 is 0 Å². The molecule has 0 bridgehead atoms. The molecule has 0 amide bonds. The zero-order valence-electron chi connectivity index (χ0n) is 13.8. The van der Waals surface area contributed by atoms with Crippen LogP contribution in [0.5, 0.6) is 5.75 Å². The Kier molecular flexibility index (Phi) is 7.80. The van der Waals surface area contributed by atoms with Crippen LogP contribution in [0, 0.1) is 0 Å². The minimum Gasteiger partial charge on any atom is -0.492 e. The number of hydrogen-bond donors (Lipinski definition) is 0. The van der Waals surface area contributed by atoms with Crippen LogP contribution in [-0.2, 0) is 0 Å². The summed E-state index contributed by atoms with van der Waals surface area (Å²) in [6, 6.07) is 15.3. The smallest absolute Gasteiger partial charge is 0.170 e. The normalized spacial score (nSPS) is 12.0. The summed E-state index contributed by atoms with van der Waals surface area (Å²) in [7, 11) is 0. The first-order valence-electron chi connectivity index (χ1n) is 8.24. The molecular formula is C20H22BrClO2. The van der Waals surface area contributed by atoms with Gasteiger partial charge in [-0.3, -0.25) is 4.79 Å². The zero-order valence-corrected chi connectivity index (χ0v) is 16.1. The Hall–Kier alpha value is -1.32. The van der Waals surface area contributed by atoms with Crippen LogP contribution in [-0.4, -0.2) is 18.3 Å². The van der Waals surface area contributed by atoms with Crippen LogP contribution in [0.15, 0.2) is 53.0 Å². The summed E-state index contributed by atoms with van der Waals surface area (Å²) in [5.74, 6) is 1.20. The van der Waals surface area contributed by atoms with Crippen molar-refractivity contribution in [3.8, 4) is 5.75 Å². The van der Waals surface area contributed by atoms with Crippen molar-refractivity contribution in [1.82, 2.24) is 0 Å². The first-order chi connectivity index (χ1) is 11.7. The molecule has 2 nitrogen and oxygen atoms in total. The van der Waals surface area contributed by atoms with Crippen molar-refractivity contribution in [2.24, 2.45) is 0 Å². The second-order valence-corrected chi connectivity index (χ2v) is 6.87. The van der Waals surface area contributed by atoms with Gasteiger partial charge in [-0.1, -0.05) is 53.9 Å². The van der Waals surface area contributed by atoms with E-state index in [1.54, 1.807) is 0 Å². The lowest BCUT2D eigenvalue weighted by molar-refractivity contribution is 0.0953. The number of benzene rings is 2. The van der Waals surface area contributed by atoms with Gasteiger partial charge >= 0.3 is 0 Å². The molecule has 0 aliphatic carbocycles. The second-order valence-electron chi connectivity index (χ2n) is 5.64. The van der Waals surface area contributed by atoms with Gasteiger partial charge in [0, 0.05) is 16.0 Å². The number of rotatable bonds is 9. The van der Waals surface area contributed by atoms with E-state index < -0.39 is 0 Å². The molecule has 128 valence electrons. The number of carbonyl (C=O) groups excluding carboxylic acids is 1. The Balaban J connectivity index is 2.22. The minimum atomic E-state index is -0.130. The highest BCUT2D eigenvalue weighted by Crippen LogP contribution is 2.32. The summed E-state index contributed by atoms with van der Waals surface area (Å²) in [4.78, 5) is 13.0. The Morgan fingerprint density at radius 3 is 2.50 bits per heavy atom. The third-order valence-corrected chi connectivity index (χ3v) is 4.80. The van der Waals surface area contributed by atoms with Gasteiger partial charge in [-0.05, 0) is 42.3 Å². The van der Waals surface area contributed by atoms with Crippen LogP contribution in [0.1, 0.15) is 48.0 Å². The molecule has 0 aliphatic heterocycles. The summed E-state index contributed by atoms with van der Waals surface area (Å²) in [6.45, 7) is 2.61. The predicted octanol–water partition coefficient (Wildman–Crippen LogP) is 6.22. The van der Waals surface area contributed by atoms with E-state index in [0.717, 1.165) is 35.0 Å². The molecule has 0 N–H and O–H groups in total. The average molecular weight is 410 g/mol. The van der Waals surface area contributed by atoms with Crippen LogP contribution in [0.2, 0.25) is 0 Å². The van der Waals surface area contributed by atoms with E-state index in [0.29, 0.717) is 18.1 Å². The Morgan fingerprint density at radius 2 is 1.88 bits per heavy atom. The Bertz CT molecular complexity index is 655. The van der Waals surface area contributed by atoms with Gasteiger partial charge in [0.1, 0.15) is 12.4 Å². The molecule has 1 atom stereocenters. The fourth-order valence-electron chi connectivity index (χ4n) is 2.67. The quantitative estimate of drug-likeness (QED) is 0.363. The van der Waals surface area contributed by atoms with Crippen LogP contribution in [0.25, 0.3) is 0 Å². The molecule has 0 aromatic heterocycles. The number of alkyl halides is 1. The zero-order chi connectivity index (χ0) is 17.4. The van der Waals surface area contributed by atoms with Crippen molar-refractivity contribution in [2.45, 2.75) is 32.1 Å². The van der Waals surface area contributed by atoms with Gasteiger partial charge in [0.15, 0.2) is 5.78 Å². The molecule has 0 aliphatic rings. The first-order valence-corrected chi connectivity index (χ1v) is 9.57. The van der Waals surface area contributed by atoms with E-state index in [1.807, 2.05) is 48.5 Å². The third kappa shape index (κ3) is 5.09. The maximum Gasteiger partial charge on any atom is 0.170 e. The molecule has 0 spiro atoms. The predicted molar refractivity (Wildman–Crippen MR) is 103 cm³/mol. The third-order valence-electron chi connectivity index (χ3n) is 3.93. The molecule has 0 saturated heterocycles. The Morgan fingerprint density at radius 1 is 1.17 bits per heavy atom. The monoisotopic (exact) mass is 408 g/mol. The molecular weight excluding hydrogens is 388 g/mol. The highest BCUT2D eigenvalue weighted by Gasteiger charge is 2.23. The fraction of sp³-hybridized carbons (Fsp3) is 0.350. The van der Waals surface area contributed by atoms with Gasteiger partial charge in [0.25, 0.3) is 0 Å². The van der Waals surface area contributed by atoms with Crippen molar-refractivity contribution in [3.63, 3.8) is 0 Å². The SMILES string of the molecule is CCCCC(C(=O)c1ccc(OCCCl)cc1)c1ccccc1Br. The number of ether oxygens (including phenoxy) is 1. The largest absolute Gasteiger partial charge is 0.492 e. The molecule has 24 heavy (non-hydrogen) atoms. The lowest BCUT2D eigenvalue weighted by atomic mass is 9.86. The van der Waals surface area contributed by atoms with E-state index in [-0.39, 0.29) is 11.7 Å². The first kappa shape index (κ1) is 19.0. The number of hydrogen-bond acceptors (Lipinski definition) is 2. The van der Waals surface area contributed by atoms with E-state index in [1.165, 1.54) is 0 Å². The summed E-state index contributed by atoms with van der Waals surface area (Å²) in [6.07, 6.45) is 2.94.